The maximum absolute atomic E-state index is 11.6. The van der Waals surface area contributed by atoms with E-state index in [4.69, 9.17) is 4.74 Å². The molecule has 0 fully saturated rings. The Hall–Kier alpha value is -0.870. The number of aryl methyl sites for hydroxylation is 1. The summed E-state index contributed by atoms with van der Waals surface area (Å²) < 4.78 is 5.25. The summed E-state index contributed by atoms with van der Waals surface area (Å²) >= 11 is 3.41. The lowest BCUT2D eigenvalue weighted by Crippen LogP contribution is -2.20. The monoisotopic (exact) mass is 313 g/mol. The van der Waals surface area contributed by atoms with Gasteiger partial charge < -0.3 is 10.1 Å². The molecule has 4 heteroatoms. The third-order valence-electron chi connectivity index (χ3n) is 2.36. The number of hydrogen-bond donors (Lipinski definition) is 1. The minimum Gasteiger partial charge on any atom is -0.369 e. The summed E-state index contributed by atoms with van der Waals surface area (Å²) in [5, 5.41) is 3.83. The number of alkyl halides is 1. The second kappa shape index (κ2) is 8.27. The van der Waals surface area contributed by atoms with E-state index < -0.39 is 0 Å². The molecule has 0 bridgehead atoms. The molecule has 0 unspecified atom stereocenters. The normalized spacial score (nSPS) is 10.7. The van der Waals surface area contributed by atoms with Gasteiger partial charge in [-0.3, -0.25) is 4.79 Å². The second-order valence-corrected chi connectivity index (χ2v) is 5.19. The zero-order valence-electron chi connectivity index (χ0n) is 10.9. The van der Waals surface area contributed by atoms with Crippen LogP contribution in [0.15, 0.2) is 24.3 Å². The molecule has 0 aromatic heterocycles. The van der Waals surface area contributed by atoms with Crippen LogP contribution in [0.5, 0.6) is 0 Å². The average Bonchev–Trinajstić information content (AvgIpc) is 2.34. The minimum atomic E-state index is -0.110. The van der Waals surface area contributed by atoms with Crippen molar-refractivity contribution >= 4 is 27.5 Å². The number of hydrogen-bond acceptors (Lipinski definition) is 2. The first-order valence-electron chi connectivity index (χ1n) is 6.18. The molecule has 100 valence electrons. The van der Waals surface area contributed by atoms with Gasteiger partial charge >= 0.3 is 0 Å². The molecule has 0 saturated heterocycles. The fourth-order valence-corrected chi connectivity index (χ4v) is 1.80. The van der Waals surface area contributed by atoms with Crippen LogP contribution in [0, 0.1) is 0 Å². The first kappa shape index (κ1) is 15.2. The highest BCUT2D eigenvalue weighted by Gasteiger charge is 2.04. The Bertz CT molecular complexity index is 380. The van der Waals surface area contributed by atoms with Crippen molar-refractivity contribution in [1.29, 1.82) is 0 Å². The van der Waals surface area contributed by atoms with E-state index in [0.29, 0.717) is 0 Å². The van der Waals surface area contributed by atoms with E-state index in [1.54, 1.807) is 0 Å². The number of carbonyl (C=O) groups is 1. The Kier molecular flexibility index (Phi) is 6.98. The van der Waals surface area contributed by atoms with Crippen molar-refractivity contribution in [2.75, 3.05) is 17.3 Å². The fourth-order valence-electron chi connectivity index (χ4n) is 1.51. The second-order valence-electron chi connectivity index (χ2n) is 4.40. The Labute approximate surface area is 117 Å². The van der Waals surface area contributed by atoms with Crippen molar-refractivity contribution in [3.8, 4) is 0 Å². The van der Waals surface area contributed by atoms with Gasteiger partial charge in [0.25, 0.3) is 0 Å². The smallest absolute Gasteiger partial charge is 0.250 e. The van der Waals surface area contributed by atoms with E-state index in [-0.39, 0.29) is 18.6 Å². The van der Waals surface area contributed by atoms with Gasteiger partial charge in [-0.05, 0) is 44.4 Å². The zero-order valence-corrected chi connectivity index (χ0v) is 12.5. The average molecular weight is 314 g/mol. The summed E-state index contributed by atoms with van der Waals surface area (Å²) in [5.41, 5.74) is 2.07. The molecular formula is C14H20BrNO2. The van der Waals surface area contributed by atoms with Crippen LogP contribution in [-0.4, -0.2) is 23.9 Å². The molecular weight excluding hydrogens is 294 g/mol. The predicted octanol–water partition coefficient (Wildman–Crippen LogP) is 3.38. The van der Waals surface area contributed by atoms with Crippen LogP contribution in [0.25, 0.3) is 0 Å². The van der Waals surface area contributed by atoms with Gasteiger partial charge in [-0.2, -0.15) is 0 Å². The van der Waals surface area contributed by atoms with Crippen LogP contribution in [-0.2, 0) is 16.0 Å². The largest absolute Gasteiger partial charge is 0.369 e. The highest BCUT2D eigenvalue weighted by Crippen LogP contribution is 2.12. The number of rotatable bonds is 7. The molecule has 3 nitrogen and oxygen atoms in total. The molecule has 0 aliphatic carbocycles. The minimum absolute atomic E-state index is 0.0704. The van der Waals surface area contributed by atoms with Crippen LogP contribution in [0.1, 0.15) is 25.8 Å². The molecule has 1 N–H and O–H groups in total. The van der Waals surface area contributed by atoms with Crippen LogP contribution in [0.2, 0.25) is 0 Å². The third-order valence-corrected chi connectivity index (χ3v) is 2.92. The Balaban J connectivity index is 2.48. The molecule has 0 saturated carbocycles. The van der Waals surface area contributed by atoms with Crippen molar-refractivity contribution in [3.05, 3.63) is 29.8 Å². The molecule has 18 heavy (non-hydrogen) atoms. The maximum Gasteiger partial charge on any atom is 0.250 e. The van der Waals surface area contributed by atoms with Crippen LogP contribution in [0.3, 0.4) is 0 Å². The molecule has 0 aliphatic rings. The van der Waals surface area contributed by atoms with Crippen molar-refractivity contribution in [2.45, 2.75) is 32.8 Å². The van der Waals surface area contributed by atoms with Crippen molar-refractivity contribution < 1.29 is 9.53 Å². The summed E-state index contributed by atoms with van der Waals surface area (Å²) in [7, 11) is 0. The Morgan fingerprint density at radius 2 is 2.22 bits per heavy atom. The molecule has 0 heterocycles. The number of anilines is 1. The predicted molar refractivity (Wildman–Crippen MR) is 78.3 cm³/mol. The van der Waals surface area contributed by atoms with E-state index in [9.17, 15) is 4.79 Å². The van der Waals surface area contributed by atoms with Crippen molar-refractivity contribution in [3.63, 3.8) is 0 Å². The third kappa shape index (κ3) is 6.17. The summed E-state index contributed by atoms with van der Waals surface area (Å²) in [6.07, 6.45) is 2.17. The number of nitrogens with one attached hydrogen (secondary N) is 1. The van der Waals surface area contributed by atoms with Gasteiger partial charge in [0.1, 0.15) is 6.61 Å². The molecule has 0 aliphatic heterocycles. The summed E-state index contributed by atoms with van der Waals surface area (Å²) in [6.45, 7) is 3.92. The number of halogens is 1. The van der Waals surface area contributed by atoms with E-state index in [1.807, 2.05) is 32.0 Å². The van der Waals surface area contributed by atoms with Crippen molar-refractivity contribution in [2.24, 2.45) is 0 Å². The number of benzene rings is 1. The van der Waals surface area contributed by atoms with E-state index >= 15 is 0 Å². The highest BCUT2D eigenvalue weighted by atomic mass is 79.9. The summed E-state index contributed by atoms with van der Waals surface area (Å²) in [5.74, 6) is -0.110. The van der Waals surface area contributed by atoms with Gasteiger partial charge in [-0.1, -0.05) is 28.1 Å². The SMILES string of the molecule is CC(C)OCC(=O)Nc1cccc(CCCBr)c1. The Morgan fingerprint density at radius 3 is 2.89 bits per heavy atom. The fraction of sp³-hybridized carbons (Fsp3) is 0.500. The van der Waals surface area contributed by atoms with Crippen LogP contribution in [0.4, 0.5) is 5.69 Å². The number of carbonyl (C=O) groups excluding carboxylic acids is 1. The van der Waals surface area contributed by atoms with E-state index in [0.717, 1.165) is 23.9 Å². The van der Waals surface area contributed by atoms with Gasteiger partial charge in [0.05, 0.1) is 6.10 Å². The Morgan fingerprint density at radius 1 is 1.44 bits per heavy atom. The number of ether oxygens (including phenoxy) is 1. The molecule has 1 amide bonds. The van der Waals surface area contributed by atoms with Gasteiger partial charge in [-0.25, -0.2) is 0 Å². The lowest BCUT2D eigenvalue weighted by Gasteiger charge is -2.09. The first-order valence-corrected chi connectivity index (χ1v) is 7.30. The van der Waals surface area contributed by atoms with Gasteiger partial charge in [0.2, 0.25) is 5.91 Å². The highest BCUT2D eigenvalue weighted by molar-refractivity contribution is 9.09. The van der Waals surface area contributed by atoms with Gasteiger partial charge in [0.15, 0.2) is 0 Å². The van der Waals surface area contributed by atoms with Crippen molar-refractivity contribution in [1.82, 2.24) is 0 Å². The number of amides is 1. The van der Waals surface area contributed by atoms with Crippen LogP contribution >= 0.6 is 15.9 Å². The lowest BCUT2D eigenvalue weighted by atomic mass is 10.1. The topological polar surface area (TPSA) is 38.3 Å². The molecule has 0 atom stereocenters. The molecule has 1 aromatic rings. The molecule has 0 radical (unpaired) electrons. The molecule has 1 aromatic carbocycles. The van der Waals surface area contributed by atoms with Gasteiger partial charge in [-0.15, -0.1) is 0 Å². The van der Waals surface area contributed by atoms with Crippen LogP contribution < -0.4 is 5.32 Å². The standard InChI is InChI=1S/C14H20BrNO2/c1-11(2)18-10-14(17)16-13-7-3-5-12(9-13)6-4-8-15/h3,5,7,9,11H,4,6,8,10H2,1-2H3,(H,16,17). The van der Waals surface area contributed by atoms with Gasteiger partial charge in [0, 0.05) is 11.0 Å². The quantitative estimate of drug-likeness (QED) is 0.784. The van der Waals surface area contributed by atoms with E-state index in [1.165, 1.54) is 5.56 Å². The molecule has 1 rings (SSSR count). The lowest BCUT2D eigenvalue weighted by molar-refractivity contribution is -0.121. The zero-order chi connectivity index (χ0) is 13.4. The maximum atomic E-state index is 11.6. The first-order chi connectivity index (χ1) is 8.61. The molecule has 0 spiro atoms. The summed E-state index contributed by atoms with van der Waals surface area (Å²) in [6, 6.07) is 7.94. The van der Waals surface area contributed by atoms with E-state index in [2.05, 4.69) is 27.3 Å². The summed E-state index contributed by atoms with van der Waals surface area (Å²) in [4.78, 5) is 11.6.